The Labute approximate surface area is 118 Å². The Balaban J connectivity index is 2.08. The smallest absolute Gasteiger partial charge is 0.327 e. The largest absolute Gasteiger partial charge is 0.416 e. The summed E-state index contributed by atoms with van der Waals surface area (Å²) in [6.07, 6.45) is -1.32. The Bertz CT molecular complexity index is 686. The monoisotopic (exact) mass is 293 g/mol. The fourth-order valence-electron chi connectivity index (χ4n) is 2.28. The fraction of sp³-hybridized carbons (Fsp3) is 0.143. The molecule has 21 heavy (non-hydrogen) atoms. The highest BCUT2D eigenvalue weighted by Gasteiger charge is 2.33. The van der Waals surface area contributed by atoms with Crippen molar-refractivity contribution in [1.29, 1.82) is 0 Å². The van der Waals surface area contributed by atoms with Gasteiger partial charge in [0.05, 0.1) is 11.6 Å². The predicted octanol–water partition coefficient (Wildman–Crippen LogP) is 3.32. The molecule has 2 N–H and O–H groups in total. The molecule has 1 aromatic carbocycles. The lowest BCUT2D eigenvalue weighted by atomic mass is 9.95. The van der Waals surface area contributed by atoms with Crippen LogP contribution in [0.5, 0.6) is 0 Å². The van der Waals surface area contributed by atoms with Gasteiger partial charge < -0.3 is 10.6 Å². The van der Waals surface area contributed by atoms with Crippen LogP contribution in [0.2, 0.25) is 0 Å². The first-order valence-corrected chi connectivity index (χ1v) is 6.14. The van der Waals surface area contributed by atoms with E-state index in [-0.39, 0.29) is 5.69 Å². The van der Waals surface area contributed by atoms with Gasteiger partial charge in [0.2, 0.25) is 0 Å². The molecule has 1 aliphatic heterocycles. The first-order valence-electron chi connectivity index (χ1n) is 6.14. The third kappa shape index (κ3) is 2.54. The molecule has 2 heterocycles. The molecule has 1 atom stereocenters. The van der Waals surface area contributed by atoms with E-state index < -0.39 is 23.8 Å². The Morgan fingerprint density at radius 1 is 1.10 bits per heavy atom. The van der Waals surface area contributed by atoms with Gasteiger partial charge >= 0.3 is 12.2 Å². The summed E-state index contributed by atoms with van der Waals surface area (Å²) in [6.45, 7) is 0. The second kappa shape index (κ2) is 4.76. The Morgan fingerprint density at radius 2 is 1.81 bits per heavy atom. The van der Waals surface area contributed by atoms with E-state index in [9.17, 15) is 18.0 Å². The van der Waals surface area contributed by atoms with Crippen LogP contribution in [0, 0.1) is 0 Å². The van der Waals surface area contributed by atoms with Crippen molar-refractivity contribution in [3.8, 4) is 0 Å². The number of nitrogens with one attached hydrogen (secondary N) is 2. The van der Waals surface area contributed by atoms with E-state index >= 15 is 0 Å². The molecule has 0 saturated carbocycles. The summed E-state index contributed by atoms with van der Waals surface area (Å²) in [7, 11) is 0. The molecule has 0 aliphatic carbocycles. The topological polar surface area (TPSA) is 54.0 Å². The van der Waals surface area contributed by atoms with Crippen molar-refractivity contribution >= 4 is 11.7 Å². The molecule has 108 valence electrons. The molecule has 1 aromatic heterocycles. The second-order valence-electron chi connectivity index (χ2n) is 4.61. The second-order valence-corrected chi connectivity index (χ2v) is 4.61. The lowest BCUT2D eigenvalue weighted by Gasteiger charge is -2.28. The lowest BCUT2D eigenvalue weighted by molar-refractivity contribution is -0.137. The molecule has 0 bridgehead atoms. The molecule has 0 spiro atoms. The number of benzene rings is 1. The standard InChI is InChI=1S/C14H10F3N3O/c15-14(16,17)9-1-2-10-11(7-9)19-13(21)20-12(10)8-3-5-18-6-4-8/h1-7,12H,(H2,19,20,21). The number of pyridine rings is 1. The van der Waals surface area contributed by atoms with Crippen LogP contribution in [-0.2, 0) is 6.18 Å². The van der Waals surface area contributed by atoms with Gasteiger partial charge in [-0.3, -0.25) is 4.98 Å². The highest BCUT2D eigenvalue weighted by Crippen LogP contribution is 2.37. The van der Waals surface area contributed by atoms with Crippen molar-refractivity contribution < 1.29 is 18.0 Å². The van der Waals surface area contributed by atoms with Gasteiger partial charge in [0.1, 0.15) is 0 Å². The predicted molar refractivity (Wildman–Crippen MR) is 69.7 cm³/mol. The average molecular weight is 293 g/mol. The summed E-state index contributed by atoms with van der Waals surface area (Å²) in [5, 5.41) is 5.09. The third-order valence-corrected chi connectivity index (χ3v) is 3.25. The van der Waals surface area contributed by atoms with Gasteiger partial charge in [-0.2, -0.15) is 13.2 Å². The zero-order valence-electron chi connectivity index (χ0n) is 10.6. The summed E-state index contributed by atoms with van der Waals surface area (Å²) in [5.41, 5.74) is 0.696. The maximum Gasteiger partial charge on any atom is 0.416 e. The summed E-state index contributed by atoms with van der Waals surface area (Å²) in [4.78, 5) is 15.5. The third-order valence-electron chi connectivity index (χ3n) is 3.25. The molecule has 0 fully saturated rings. The number of carbonyl (C=O) groups is 1. The van der Waals surface area contributed by atoms with E-state index in [1.807, 2.05) is 0 Å². The average Bonchev–Trinajstić information content (AvgIpc) is 2.45. The number of urea groups is 1. The van der Waals surface area contributed by atoms with E-state index in [0.717, 1.165) is 17.7 Å². The number of carbonyl (C=O) groups excluding carboxylic acids is 1. The number of anilines is 1. The molecule has 1 aliphatic rings. The molecule has 2 aromatic rings. The molecule has 0 radical (unpaired) electrons. The normalized spacial score (nSPS) is 17.7. The van der Waals surface area contributed by atoms with Crippen molar-refractivity contribution in [2.75, 3.05) is 5.32 Å². The van der Waals surface area contributed by atoms with E-state index in [0.29, 0.717) is 5.56 Å². The minimum absolute atomic E-state index is 0.162. The highest BCUT2D eigenvalue weighted by molar-refractivity contribution is 5.93. The molecular formula is C14H10F3N3O. The van der Waals surface area contributed by atoms with Gasteiger partial charge in [0.15, 0.2) is 0 Å². The Hall–Kier alpha value is -2.57. The number of amides is 2. The van der Waals surface area contributed by atoms with Crippen LogP contribution in [0.15, 0.2) is 42.7 Å². The zero-order chi connectivity index (χ0) is 15.0. The maximum absolute atomic E-state index is 12.7. The van der Waals surface area contributed by atoms with Gasteiger partial charge in [-0.05, 0) is 29.8 Å². The van der Waals surface area contributed by atoms with Crippen LogP contribution < -0.4 is 10.6 Å². The molecule has 1 unspecified atom stereocenters. The lowest BCUT2D eigenvalue weighted by Crippen LogP contribution is -2.38. The van der Waals surface area contributed by atoms with Gasteiger partial charge in [-0.15, -0.1) is 0 Å². The molecule has 4 nitrogen and oxygen atoms in total. The van der Waals surface area contributed by atoms with E-state index in [4.69, 9.17) is 0 Å². The summed E-state index contributed by atoms with van der Waals surface area (Å²) in [5.74, 6) is 0. The Kier molecular flexibility index (Phi) is 3.04. The number of hydrogen-bond acceptors (Lipinski definition) is 2. The minimum Gasteiger partial charge on any atom is -0.327 e. The van der Waals surface area contributed by atoms with Crippen molar-refractivity contribution in [3.63, 3.8) is 0 Å². The van der Waals surface area contributed by atoms with Crippen LogP contribution in [0.25, 0.3) is 0 Å². The number of hydrogen-bond donors (Lipinski definition) is 2. The van der Waals surface area contributed by atoms with Crippen LogP contribution in [0.1, 0.15) is 22.7 Å². The van der Waals surface area contributed by atoms with Crippen LogP contribution in [-0.4, -0.2) is 11.0 Å². The number of halogens is 3. The molecule has 3 rings (SSSR count). The SMILES string of the molecule is O=C1Nc2cc(C(F)(F)F)ccc2C(c2ccncc2)N1. The highest BCUT2D eigenvalue weighted by atomic mass is 19.4. The van der Waals surface area contributed by atoms with Gasteiger partial charge in [-0.1, -0.05) is 6.07 Å². The van der Waals surface area contributed by atoms with E-state index in [2.05, 4.69) is 15.6 Å². The summed E-state index contributed by atoms with van der Waals surface area (Å²) in [6, 6.07) is 5.70. The van der Waals surface area contributed by atoms with Crippen LogP contribution >= 0.6 is 0 Å². The first kappa shape index (κ1) is 13.4. The number of alkyl halides is 3. The van der Waals surface area contributed by atoms with Crippen LogP contribution in [0.4, 0.5) is 23.7 Å². The molecule has 7 heteroatoms. The van der Waals surface area contributed by atoms with Crippen molar-refractivity contribution in [2.24, 2.45) is 0 Å². The maximum atomic E-state index is 12.7. The van der Waals surface area contributed by atoms with Crippen LogP contribution in [0.3, 0.4) is 0 Å². The van der Waals surface area contributed by atoms with Crippen molar-refractivity contribution in [1.82, 2.24) is 10.3 Å². The van der Waals surface area contributed by atoms with Gasteiger partial charge in [0, 0.05) is 23.6 Å². The molecule has 0 saturated heterocycles. The van der Waals surface area contributed by atoms with E-state index in [1.54, 1.807) is 24.5 Å². The number of aromatic nitrogens is 1. The quantitative estimate of drug-likeness (QED) is 0.847. The van der Waals surface area contributed by atoms with E-state index in [1.165, 1.54) is 6.07 Å². The van der Waals surface area contributed by atoms with Gasteiger partial charge in [0.25, 0.3) is 0 Å². The number of rotatable bonds is 1. The van der Waals surface area contributed by atoms with Crippen molar-refractivity contribution in [2.45, 2.75) is 12.2 Å². The zero-order valence-corrected chi connectivity index (χ0v) is 10.6. The Morgan fingerprint density at radius 3 is 2.48 bits per heavy atom. The molecule has 2 amide bonds. The fourth-order valence-corrected chi connectivity index (χ4v) is 2.28. The summed E-state index contributed by atoms with van der Waals surface area (Å²) >= 11 is 0. The summed E-state index contributed by atoms with van der Waals surface area (Å²) < 4.78 is 38.2. The number of fused-ring (bicyclic) bond motifs is 1. The first-order chi connectivity index (χ1) is 9.95. The molecular weight excluding hydrogens is 283 g/mol. The van der Waals surface area contributed by atoms with Gasteiger partial charge in [-0.25, -0.2) is 4.79 Å². The van der Waals surface area contributed by atoms with Crippen molar-refractivity contribution in [3.05, 3.63) is 59.4 Å². The number of nitrogens with zero attached hydrogens (tertiary/aromatic N) is 1. The minimum atomic E-state index is -4.45.